The van der Waals surface area contributed by atoms with Crippen molar-refractivity contribution in [1.29, 1.82) is 0 Å². The number of nitrogens with zero attached hydrogens (tertiary/aromatic N) is 2. The molecule has 0 aliphatic rings. The summed E-state index contributed by atoms with van der Waals surface area (Å²) in [6, 6.07) is 6.11. The van der Waals surface area contributed by atoms with E-state index in [0.29, 0.717) is 17.4 Å². The molecule has 5 nitrogen and oxygen atoms in total. The van der Waals surface area contributed by atoms with Crippen LogP contribution in [0.1, 0.15) is 22.0 Å². The van der Waals surface area contributed by atoms with Crippen molar-refractivity contribution in [3.63, 3.8) is 0 Å². The molecule has 0 radical (unpaired) electrons. The lowest BCUT2D eigenvalue weighted by molar-refractivity contribution is 0.0914. The van der Waals surface area contributed by atoms with Gasteiger partial charge < -0.3 is 15.3 Å². The van der Waals surface area contributed by atoms with Crippen LogP contribution in [0.2, 0.25) is 0 Å². The molecule has 0 bridgehead atoms. The van der Waals surface area contributed by atoms with E-state index in [-0.39, 0.29) is 12.1 Å². The maximum absolute atomic E-state index is 13.6. The molecule has 7 heteroatoms. The molecule has 2 rings (SSSR count). The second-order valence-electron chi connectivity index (χ2n) is 5.16. The van der Waals surface area contributed by atoms with Crippen LogP contribution in [0, 0.1) is 11.6 Å². The first-order valence-corrected chi connectivity index (χ1v) is 6.93. The first-order chi connectivity index (χ1) is 10.9. The fourth-order valence-corrected chi connectivity index (χ4v) is 2.10. The van der Waals surface area contributed by atoms with E-state index in [1.54, 1.807) is 37.3 Å². The number of rotatable bonds is 5. The van der Waals surface area contributed by atoms with E-state index in [1.807, 2.05) is 0 Å². The highest BCUT2D eigenvalue weighted by molar-refractivity contribution is 5.98. The Balaban J connectivity index is 2.07. The van der Waals surface area contributed by atoms with Crippen molar-refractivity contribution in [3.05, 3.63) is 59.3 Å². The summed E-state index contributed by atoms with van der Waals surface area (Å²) in [5.41, 5.74) is 0.259. The van der Waals surface area contributed by atoms with Crippen molar-refractivity contribution in [2.45, 2.75) is 6.10 Å². The Bertz CT molecular complexity index is 707. The SMILES string of the molecule is CN(C)c1ncccc1C(=O)NCC(O)c1ccc(F)cc1F. The minimum Gasteiger partial charge on any atom is -0.386 e. The third-order valence-electron chi connectivity index (χ3n) is 3.23. The zero-order chi connectivity index (χ0) is 17.0. The quantitative estimate of drug-likeness (QED) is 0.883. The van der Waals surface area contributed by atoms with E-state index in [9.17, 15) is 18.7 Å². The molecule has 2 N–H and O–H groups in total. The lowest BCUT2D eigenvalue weighted by Crippen LogP contribution is -2.30. The van der Waals surface area contributed by atoms with Crippen LogP contribution in [0.4, 0.5) is 14.6 Å². The Morgan fingerprint density at radius 1 is 1.35 bits per heavy atom. The molecular formula is C16H17F2N3O2. The lowest BCUT2D eigenvalue weighted by atomic mass is 10.1. The second kappa shape index (κ2) is 7.15. The molecule has 1 amide bonds. The molecule has 2 aromatic rings. The Kier molecular flexibility index (Phi) is 5.23. The van der Waals surface area contributed by atoms with E-state index in [4.69, 9.17) is 0 Å². The van der Waals surface area contributed by atoms with Crippen LogP contribution < -0.4 is 10.2 Å². The average Bonchev–Trinajstić information content (AvgIpc) is 2.52. The summed E-state index contributed by atoms with van der Waals surface area (Å²) in [7, 11) is 3.50. The monoisotopic (exact) mass is 321 g/mol. The van der Waals surface area contributed by atoms with Crippen LogP contribution in [0.5, 0.6) is 0 Å². The molecule has 1 aromatic carbocycles. The van der Waals surface area contributed by atoms with Crippen LogP contribution in [-0.2, 0) is 0 Å². The van der Waals surface area contributed by atoms with Gasteiger partial charge in [-0.25, -0.2) is 13.8 Å². The number of pyridine rings is 1. The molecule has 0 fully saturated rings. The number of nitrogens with one attached hydrogen (secondary N) is 1. The first kappa shape index (κ1) is 16.8. The van der Waals surface area contributed by atoms with Crippen LogP contribution >= 0.6 is 0 Å². The molecule has 1 aromatic heterocycles. The van der Waals surface area contributed by atoms with Gasteiger partial charge in [0.1, 0.15) is 17.5 Å². The minimum atomic E-state index is -1.28. The standard InChI is InChI=1S/C16H17F2N3O2/c1-21(2)15-12(4-3-7-19-15)16(23)20-9-14(22)11-6-5-10(17)8-13(11)18/h3-8,14,22H,9H2,1-2H3,(H,20,23). The van der Waals surface area contributed by atoms with Crippen molar-refractivity contribution < 1.29 is 18.7 Å². The number of carbonyl (C=O) groups excluding carboxylic acids is 1. The number of aromatic nitrogens is 1. The summed E-state index contributed by atoms with van der Waals surface area (Å²) >= 11 is 0. The van der Waals surface area contributed by atoms with Crippen LogP contribution in [-0.4, -0.2) is 36.6 Å². The molecule has 0 spiro atoms. The third kappa shape index (κ3) is 4.01. The van der Waals surface area contributed by atoms with Crippen LogP contribution in [0.15, 0.2) is 36.5 Å². The molecule has 1 heterocycles. The molecule has 122 valence electrons. The fraction of sp³-hybridized carbons (Fsp3) is 0.250. The van der Waals surface area contributed by atoms with Gasteiger partial charge in [0, 0.05) is 38.5 Å². The topological polar surface area (TPSA) is 65.5 Å². The summed E-state index contributed by atoms with van der Waals surface area (Å²) < 4.78 is 26.5. The van der Waals surface area contributed by atoms with Gasteiger partial charge in [-0.2, -0.15) is 0 Å². The summed E-state index contributed by atoms with van der Waals surface area (Å²) in [4.78, 5) is 18.0. The highest BCUT2D eigenvalue weighted by Crippen LogP contribution is 2.18. The van der Waals surface area contributed by atoms with E-state index >= 15 is 0 Å². The van der Waals surface area contributed by atoms with E-state index in [0.717, 1.165) is 12.1 Å². The van der Waals surface area contributed by atoms with Crippen molar-refractivity contribution in [2.24, 2.45) is 0 Å². The van der Waals surface area contributed by atoms with Crippen molar-refractivity contribution in [2.75, 3.05) is 25.5 Å². The summed E-state index contributed by atoms with van der Waals surface area (Å²) in [6.07, 6.45) is 0.286. The zero-order valence-corrected chi connectivity index (χ0v) is 12.8. The summed E-state index contributed by atoms with van der Waals surface area (Å²) in [6.45, 7) is -0.205. The van der Waals surface area contributed by atoms with Gasteiger partial charge in [-0.15, -0.1) is 0 Å². The average molecular weight is 321 g/mol. The largest absolute Gasteiger partial charge is 0.386 e. The third-order valence-corrected chi connectivity index (χ3v) is 3.23. The minimum absolute atomic E-state index is 0.0780. The van der Waals surface area contributed by atoms with Crippen molar-refractivity contribution in [3.8, 4) is 0 Å². The van der Waals surface area contributed by atoms with Gasteiger partial charge in [-0.05, 0) is 18.2 Å². The number of amides is 1. The summed E-state index contributed by atoms with van der Waals surface area (Å²) in [5, 5.41) is 12.5. The number of benzene rings is 1. The Hall–Kier alpha value is -2.54. The first-order valence-electron chi connectivity index (χ1n) is 6.93. The number of hydrogen-bond donors (Lipinski definition) is 2. The van der Waals surface area contributed by atoms with Crippen molar-refractivity contribution >= 4 is 11.7 Å². The molecule has 1 unspecified atom stereocenters. The number of aliphatic hydroxyl groups is 1. The number of hydrogen-bond acceptors (Lipinski definition) is 4. The van der Waals surface area contributed by atoms with E-state index in [1.165, 1.54) is 0 Å². The maximum Gasteiger partial charge on any atom is 0.255 e. The number of carbonyl (C=O) groups is 1. The van der Waals surface area contributed by atoms with E-state index < -0.39 is 23.6 Å². The normalized spacial score (nSPS) is 11.9. The predicted octanol–water partition coefficient (Wildman–Crippen LogP) is 1.89. The molecule has 23 heavy (non-hydrogen) atoms. The van der Waals surface area contributed by atoms with Gasteiger partial charge in [0.25, 0.3) is 5.91 Å². The highest BCUT2D eigenvalue weighted by atomic mass is 19.1. The molecular weight excluding hydrogens is 304 g/mol. The van der Waals surface area contributed by atoms with Crippen LogP contribution in [0.25, 0.3) is 0 Å². The second-order valence-corrected chi connectivity index (χ2v) is 5.16. The maximum atomic E-state index is 13.6. The van der Waals surface area contributed by atoms with E-state index in [2.05, 4.69) is 10.3 Å². The molecule has 0 saturated heterocycles. The van der Waals surface area contributed by atoms with Gasteiger partial charge in [-0.1, -0.05) is 6.07 Å². The molecule has 0 aliphatic carbocycles. The lowest BCUT2D eigenvalue weighted by Gasteiger charge is -2.17. The molecule has 1 atom stereocenters. The van der Waals surface area contributed by atoms with Crippen molar-refractivity contribution in [1.82, 2.24) is 10.3 Å². The van der Waals surface area contributed by atoms with Gasteiger partial charge in [-0.3, -0.25) is 4.79 Å². The zero-order valence-electron chi connectivity index (χ0n) is 12.8. The van der Waals surface area contributed by atoms with Gasteiger partial charge in [0.15, 0.2) is 0 Å². The molecule has 0 saturated carbocycles. The highest BCUT2D eigenvalue weighted by Gasteiger charge is 2.17. The Morgan fingerprint density at radius 2 is 2.09 bits per heavy atom. The Labute approximate surface area is 132 Å². The fourth-order valence-electron chi connectivity index (χ4n) is 2.10. The van der Waals surface area contributed by atoms with Crippen LogP contribution in [0.3, 0.4) is 0 Å². The Morgan fingerprint density at radius 3 is 2.74 bits per heavy atom. The van der Waals surface area contributed by atoms with Gasteiger partial charge >= 0.3 is 0 Å². The smallest absolute Gasteiger partial charge is 0.255 e. The number of halogens is 2. The predicted molar refractivity (Wildman–Crippen MR) is 82.2 cm³/mol. The molecule has 0 aliphatic heterocycles. The number of anilines is 1. The van der Waals surface area contributed by atoms with Gasteiger partial charge in [0.05, 0.1) is 11.7 Å². The summed E-state index contributed by atoms with van der Waals surface area (Å²) in [5.74, 6) is -1.55. The van der Waals surface area contributed by atoms with Gasteiger partial charge in [0.2, 0.25) is 0 Å². The number of aliphatic hydroxyl groups excluding tert-OH is 1.